The van der Waals surface area contributed by atoms with Gasteiger partial charge in [-0.1, -0.05) is 12.1 Å². The molecule has 3 aliphatic rings. The van der Waals surface area contributed by atoms with Gasteiger partial charge in [0.2, 0.25) is 11.8 Å². The summed E-state index contributed by atoms with van der Waals surface area (Å²) in [5.74, 6) is -4.39. The first-order chi connectivity index (χ1) is 14.3. The van der Waals surface area contributed by atoms with Gasteiger partial charge in [0.1, 0.15) is 6.04 Å². The van der Waals surface area contributed by atoms with Crippen LogP contribution in [0, 0.1) is 5.92 Å². The van der Waals surface area contributed by atoms with E-state index in [2.05, 4.69) is 16.0 Å². The molecule has 3 aliphatic heterocycles. The number of rotatable bonds is 5. The number of alkyl halides is 2. The Labute approximate surface area is 173 Å². The second kappa shape index (κ2) is 8.39. The highest BCUT2D eigenvalue weighted by Crippen LogP contribution is 2.32. The molecule has 0 saturated carbocycles. The number of nitrogens with one attached hydrogen (secondary N) is 3. The fourth-order valence-electron chi connectivity index (χ4n) is 4.43. The monoisotopic (exact) mass is 420 g/mol. The normalized spacial score (nSPS) is 26.3. The van der Waals surface area contributed by atoms with Gasteiger partial charge in [-0.05, 0) is 36.6 Å². The van der Waals surface area contributed by atoms with Crippen molar-refractivity contribution in [2.75, 3.05) is 19.6 Å². The zero-order chi connectivity index (χ0) is 21.3. The summed E-state index contributed by atoms with van der Waals surface area (Å²) in [5, 5.41) is 8.41. The lowest BCUT2D eigenvalue weighted by molar-refractivity contribution is -0.136. The lowest BCUT2D eigenvalue weighted by Crippen LogP contribution is -2.52. The van der Waals surface area contributed by atoms with Crippen LogP contribution in [0.1, 0.15) is 47.2 Å². The van der Waals surface area contributed by atoms with Crippen LogP contribution in [0.4, 0.5) is 8.78 Å². The lowest BCUT2D eigenvalue weighted by Gasteiger charge is -2.29. The molecule has 0 aliphatic carbocycles. The summed E-state index contributed by atoms with van der Waals surface area (Å²) in [6, 6.07) is 4.85. The number of carbonyl (C=O) groups excluding carboxylic acids is 3. The van der Waals surface area contributed by atoms with Crippen LogP contribution in [-0.2, 0) is 22.7 Å². The zero-order valence-corrected chi connectivity index (χ0v) is 16.7. The molecular formula is C21H26F2N4O3. The van der Waals surface area contributed by atoms with Crippen molar-refractivity contribution in [3.63, 3.8) is 0 Å². The molecule has 2 saturated heterocycles. The highest BCUT2D eigenvalue weighted by molar-refractivity contribution is 6.05. The molecule has 0 bridgehead atoms. The van der Waals surface area contributed by atoms with E-state index < -0.39 is 23.8 Å². The van der Waals surface area contributed by atoms with Crippen LogP contribution in [0.15, 0.2) is 18.2 Å². The first-order valence-corrected chi connectivity index (χ1v) is 10.4. The topological polar surface area (TPSA) is 90.5 Å². The summed E-state index contributed by atoms with van der Waals surface area (Å²) in [5.41, 5.74) is 2.19. The molecule has 3 N–H and O–H groups in total. The van der Waals surface area contributed by atoms with E-state index >= 15 is 0 Å². The smallest absolute Gasteiger partial charge is 0.255 e. The molecule has 1 aromatic carbocycles. The molecule has 2 fully saturated rings. The Kier molecular flexibility index (Phi) is 5.84. The third kappa shape index (κ3) is 4.22. The van der Waals surface area contributed by atoms with E-state index in [1.807, 2.05) is 12.1 Å². The molecule has 162 valence electrons. The number of halogens is 2. The number of carbonyl (C=O) groups is 3. The van der Waals surface area contributed by atoms with Gasteiger partial charge in [-0.15, -0.1) is 0 Å². The fourth-order valence-corrected chi connectivity index (χ4v) is 4.43. The summed E-state index contributed by atoms with van der Waals surface area (Å²) < 4.78 is 28.4. The van der Waals surface area contributed by atoms with Gasteiger partial charge < -0.3 is 15.5 Å². The van der Waals surface area contributed by atoms with E-state index in [1.165, 1.54) is 4.90 Å². The molecule has 3 heterocycles. The maximum Gasteiger partial charge on any atom is 0.255 e. The highest BCUT2D eigenvalue weighted by atomic mass is 19.3. The van der Waals surface area contributed by atoms with Crippen LogP contribution in [0.2, 0.25) is 0 Å². The minimum Gasteiger partial charge on any atom is -0.322 e. The maximum absolute atomic E-state index is 14.2. The standard InChI is InChI=1S/C21H26F2N4O3/c22-21(23)6-8-24-7-5-15(21)11-25-10-13-1-2-14-12-27(20(30)16(14)9-13)17-3-4-18(28)26-19(17)29/h1-2,9,15,17,24-25H,3-8,10-12H2,(H,26,28,29). The fraction of sp³-hybridized carbons (Fsp3) is 0.571. The molecule has 2 unspecified atom stereocenters. The Morgan fingerprint density at radius 3 is 2.80 bits per heavy atom. The van der Waals surface area contributed by atoms with Crippen LogP contribution in [-0.4, -0.2) is 54.2 Å². The van der Waals surface area contributed by atoms with Crippen LogP contribution < -0.4 is 16.0 Å². The van der Waals surface area contributed by atoms with Crippen molar-refractivity contribution in [2.24, 2.45) is 5.92 Å². The van der Waals surface area contributed by atoms with Gasteiger partial charge in [0, 0.05) is 50.5 Å². The van der Waals surface area contributed by atoms with Gasteiger partial charge >= 0.3 is 0 Å². The molecule has 3 amide bonds. The van der Waals surface area contributed by atoms with Gasteiger partial charge in [-0.3, -0.25) is 19.7 Å². The van der Waals surface area contributed by atoms with Crippen molar-refractivity contribution in [3.05, 3.63) is 34.9 Å². The first kappa shape index (κ1) is 20.9. The second-order valence-electron chi connectivity index (χ2n) is 8.27. The third-order valence-electron chi connectivity index (χ3n) is 6.21. The number of hydrogen-bond acceptors (Lipinski definition) is 5. The number of imide groups is 1. The zero-order valence-electron chi connectivity index (χ0n) is 16.7. The van der Waals surface area contributed by atoms with Crippen LogP contribution in [0.3, 0.4) is 0 Å². The quantitative estimate of drug-likeness (QED) is 0.623. The number of amides is 3. The largest absolute Gasteiger partial charge is 0.322 e. The molecule has 7 nitrogen and oxygen atoms in total. The van der Waals surface area contributed by atoms with E-state index in [0.717, 1.165) is 11.1 Å². The number of benzene rings is 1. The summed E-state index contributed by atoms with van der Waals surface area (Å²) in [6.45, 7) is 1.85. The maximum atomic E-state index is 14.2. The van der Waals surface area contributed by atoms with Crippen molar-refractivity contribution in [3.8, 4) is 0 Å². The molecule has 0 spiro atoms. The van der Waals surface area contributed by atoms with Crippen LogP contribution >= 0.6 is 0 Å². The summed E-state index contributed by atoms with van der Waals surface area (Å²) in [4.78, 5) is 37.8. The van der Waals surface area contributed by atoms with E-state index in [-0.39, 0.29) is 31.2 Å². The molecule has 2 atom stereocenters. The average molecular weight is 420 g/mol. The summed E-state index contributed by atoms with van der Waals surface area (Å²) >= 11 is 0. The second-order valence-corrected chi connectivity index (χ2v) is 8.27. The van der Waals surface area contributed by atoms with Gasteiger partial charge in [0.15, 0.2) is 0 Å². The minimum absolute atomic E-state index is 0.150. The third-order valence-corrected chi connectivity index (χ3v) is 6.21. The Balaban J connectivity index is 1.37. The highest BCUT2D eigenvalue weighted by Gasteiger charge is 2.40. The van der Waals surface area contributed by atoms with E-state index in [9.17, 15) is 23.2 Å². The van der Waals surface area contributed by atoms with Gasteiger partial charge in [0.05, 0.1) is 0 Å². The molecular weight excluding hydrogens is 394 g/mol. The SMILES string of the molecule is O=C1CCC(N2Cc3ccc(CNCC4CCNCCC4(F)F)cc3C2=O)C(=O)N1. The predicted octanol–water partition coefficient (Wildman–Crippen LogP) is 1.17. The first-order valence-electron chi connectivity index (χ1n) is 10.4. The Bertz CT molecular complexity index is 861. The van der Waals surface area contributed by atoms with E-state index in [0.29, 0.717) is 44.6 Å². The number of nitrogens with zero attached hydrogens (tertiary/aromatic N) is 1. The molecule has 0 radical (unpaired) electrons. The van der Waals surface area contributed by atoms with E-state index in [4.69, 9.17) is 0 Å². The summed E-state index contributed by atoms with van der Waals surface area (Å²) in [7, 11) is 0. The lowest BCUT2D eigenvalue weighted by atomic mass is 9.96. The predicted molar refractivity (Wildman–Crippen MR) is 105 cm³/mol. The summed E-state index contributed by atoms with van der Waals surface area (Å²) in [6.07, 6.45) is 0.808. The Morgan fingerprint density at radius 2 is 2.00 bits per heavy atom. The van der Waals surface area contributed by atoms with Crippen LogP contribution in [0.25, 0.3) is 0 Å². The Hall–Kier alpha value is -2.39. The Morgan fingerprint density at radius 1 is 1.17 bits per heavy atom. The van der Waals surface area contributed by atoms with Gasteiger partial charge in [-0.2, -0.15) is 0 Å². The molecule has 9 heteroatoms. The van der Waals surface area contributed by atoms with Gasteiger partial charge in [0.25, 0.3) is 11.8 Å². The number of fused-ring (bicyclic) bond motifs is 1. The average Bonchev–Trinajstić information content (AvgIpc) is 2.91. The molecule has 30 heavy (non-hydrogen) atoms. The molecule has 4 rings (SSSR count). The van der Waals surface area contributed by atoms with Crippen LogP contribution in [0.5, 0.6) is 0 Å². The van der Waals surface area contributed by atoms with Crippen molar-refractivity contribution in [1.29, 1.82) is 0 Å². The van der Waals surface area contributed by atoms with E-state index in [1.54, 1.807) is 6.07 Å². The van der Waals surface area contributed by atoms with Gasteiger partial charge in [-0.25, -0.2) is 8.78 Å². The van der Waals surface area contributed by atoms with Crippen molar-refractivity contribution in [1.82, 2.24) is 20.9 Å². The minimum atomic E-state index is -2.69. The molecule has 0 aromatic heterocycles. The molecule has 1 aromatic rings. The number of hydrogen-bond donors (Lipinski definition) is 3. The number of piperidine rings is 1. The van der Waals surface area contributed by atoms with Crippen molar-refractivity contribution in [2.45, 2.75) is 50.7 Å². The van der Waals surface area contributed by atoms with Crippen molar-refractivity contribution < 1.29 is 23.2 Å². The van der Waals surface area contributed by atoms with Crippen molar-refractivity contribution >= 4 is 17.7 Å².